The number of aryl methyl sites for hydroxylation is 1. The molecule has 1 fully saturated rings. The summed E-state index contributed by atoms with van der Waals surface area (Å²) in [6, 6.07) is 5.87. The Morgan fingerprint density at radius 3 is 2.47 bits per heavy atom. The SMILES string of the molecule is COc1cc2nc(C)nc(NCc3cc(F)cc(C(F)(F)F)c3)c2cc1OCC(OC)C1CC1. The first kappa shape index (κ1) is 24.0. The van der Waals surface area contributed by atoms with Crippen LogP contribution in [0.3, 0.4) is 0 Å². The number of halogens is 4. The van der Waals surface area contributed by atoms with E-state index in [9.17, 15) is 17.6 Å². The number of fused-ring (bicyclic) bond motifs is 1. The molecule has 0 bridgehead atoms. The fourth-order valence-corrected chi connectivity index (χ4v) is 3.80. The second kappa shape index (κ2) is 9.61. The maximum atomic E-state index is 13.8. The Labute approximate surface area is 194 Å². The van der Waals surface area contributed by atoms with Crippen LogP contribution in [0.4, 0.5) is 23.4 Å². The molecule has 0 radical (unpaired) electrons. The molecule has 1 aliphatic rings. The minimum atomic E-state index is -4.64. The number of nitrogens with one attached hydrogen (secondary N) is 1. The molecule has 1 saturated carbocycles. The molecular formula is C24H25F4N3O3. The lowest BCUT2D eigenvalue weighted by atomic mass is 10.1. The van der Waals surface area contributed by atoms with Gasteiger partial charge in [-0.05, 0) is 55.5 Å². The molecule has 0 spiro atoms. The Hall–Kier alpha value is -3.14. The van der Waals surface area contributed by atoms with Crippen LogP contribution in [-0.2, 0) is 17.5 Å². The summed E-state index contributed by atoms with van der Waals surface area (Å²) in [6.45, 7) is 1.98. The summed E-state index contributed by atoms with van der Waals surface area (Å²) in [6.07, 6.45) is -2.46. The molecule has 1 atom stereocenters. The number of nitrogens with zero attached hydrogens (tertiary/aromatic N) is 2. The van der Waals surface area contributed by atoms with Crippen LogP contribution in [0.25, 0.3) is 10.9 Å². The van der Waals surface area contributed by atoms with Crippen molar-refractivity contribution in [1.29, 1.82) is 0 Å². The standard InChI is InChI=1S/C24H25F4N3O3/c1-13-30-19-10-20(32-2)21(34-12-22(33-3)15-4-5-15)9-18(19)23(31-13)29-11-14-6-16(24(26,27)28)8-17(25)7-14/h6-10,15,22H,4-5,11-12H2,1-3H3,(H,29,30,31). The average Bonchev–Trinajstić information content (AvgIpc) is 3.62. The highest BCUT2D eigenvalue weighted by Crippen LogP contribution is 2.37. The van der Waals surface area contributed by atoms with Crippen LogP contribution in [0, 0.1) is 18.7 Å². The normalized spacial score (nSPS) is 14.8. The zero-order valence-electron chi connectivity index (χ0n) is 19.0. The molecule has 1 heterocycles. The lowest BCUT2D eigenvalue weighted by molar-refractivity contribution is -0.137. The van der Waals surface area contributed by atoms with Gasteiger partial charge in [0.15, 0.2) is 11.5 Å². The van der Waals surface area contributed by atoms with Crippen molar-refractivity contribution in [2.75, 3.05) is 26.1 Å². The van der Waals surface area contributed by atoms with Crippen molar-refractivity contribution in [3.63, 3.8) is 0 Å². The lowest BCUT2D eigenvalue weighted by Crippen LogP contribution is -2.22. The summed E-state index contributed by atoms with van der Waals surface area (Å²) in [4.78, 5) is 8.83. The van der Waals surface area contributed by atoms with Crippen molar-refractivity contribution in [1.82, 2.24) is 9.97 Å². The molecular weight excluding hydrogens is 454 g/mol. The van der Waals surface area contributed by atoms with Gasteiger partial charge in [-0.1, -0.05) is 0 Å². The minimum absolute atomic E-state index is 0.0249. The van der Waals surface area contributed by atoms with Gasteiger partial charge in [-0.2, -0.15) is 13.2 Å². The number of aromatic nitrogens is 2. The van der Waals surface area contributed by atoms with E-state index in [2.05, 4.69) is 15.3 Å². The first-order chi connectivity index (χ1) is 16.2. The number of rotatable bonds is 9. The van der Waals surface area contributed by atoms with Crippen molar-refractivity contribution in [2.45, 2.75) is 38.6 Å². The Bertz CT molecular complexity index is 1180. The van der Waals surface area contributed by atoms with Crippen molar-refractivity contribution in [2.24, 2.45) is 5.92 Å². The van der Waals surface area contributed by atoms with Gasteiger partial charge in [-0.3, -0.25) is 0 Å². The van der Waals surface area contributed by atoms with Gasteiger partial charge in [0.05, 0.1) is 24.3 Å². The zero-order valence-corrected chi connectivity index (χ0v) is 19.0. The first-order valence-electron chi connectivity index (χ1n) is 10.8. The van der Waals surface area contributed by atoms with Gasteiger partial charge >= 0.3 is 6.18 Å². The van der Waals surface area contributed by atoms with Crippen LogP contribution < -0.4 is 14.8 Å². The third-order valence-electron chi connectivity index (χ3n) is 5.69. The highest BCUT2D eigenvalue weighted by Gasteiger charge is 2.32. The van der Waals surface area contributed by atoms with Crippen molar-refractivity contribution in [3.05, 3.63) is 53.1 Å². The van der Waals surface area contributed by atoms with Gasteiger partial charge in [-0.15, -0.1) is 0 Å². The molecule has 1 N–H and O–H groups in total. The third-order valence-corrected chi connectivity index (χ3v) is 5.69. The fraction of sp³-hybridized carbons (Fsp3) is 0.417. The first-order valence-corrected chi connectivity index (χ1v) is 10.8. The van der Waals surface area contributed by atoms with Gasteiger partial charge in [0.25, 0.3) is 0 Å². The molecule has 3 aromatic rings. The summed E-state index contributed by atoms with van der Waals surface area (Å²) in [5.74, 6) is 1.32. The smallest absolute Gasteiger partial charge is 0.416 e. The van der Waals surface area contributed by atoms with Gasteiger partial charge in [0, 0.05) is 25.1 Å². The minimum Gasteiger partial charge on any atom is -0.493 e. The van der Waals surface area contributed by atoms with Gasteiger partial charge in [0.1, 0.15) is 24.1 Å². The molecule has 6 nitrogen and oxygen atoms in total. The average molecular weight is 479 g/mol. The Morgan fingerprint density at radius 1 is 1.06 bits per heavy atom. The van der Waals surface area contributed by atoms with Crippen LogP contribution in [0.15, 0.2) is 30.3 Å². The fourth-order valence-electron chi connectivity index (χ4n) is 3.80. The van der Waals surface area contributed by atoms with Crippen molar-refractivity contribution >= 4 is 16.7 Å². The van der Waals surface area contributed by atoms with Gasteiger partial charge in [-0.25, -0.2) is 14.4 Å². The van der Waals surface area contributed by atoms with E-state index in [1.807, 2.05) is 0 Å². The van der Waals surface area contributed by atoms with E-state index in [4.69, 9.17) is 14.2 Å². The van der Waals surface area contributed by atoms with E-state index in [0.717, 1.165) is 25.0 Å². The molecule has 0 aliphatic heterocycles. The van der Waals surface area contributed by atoms with E-state index in [1.54, 1.807) is 26.2 Å². The van der Waals surface area contributed by atoms with Crippen molar-refractivity contribution < 1.29 is 31.8 Å². The quantitative estimate of drug-likeness (QED) is 0.408. The lowest BCUT2D eigenvalue weighted by Gasteiger charge is -2.18. The highest BCUT2D eigenvalue weighted by molar-refractivity contribution is 5.91. The van der Waals surface area contributed by atoms with E-state index in [1.165, 1.54) is 7.11 Å². The number of benzene rings is 2. The van der Waals surface area contributed by atoms with E-state index in [0.29, 0.717) is 52.6 Å². The molecule has 1 aliphatic carbocycles. The molecule has 10 heteroatoms. The monoisotopic (exact) mass is 479 g/mol. The van der Waals surface area contributed by atoms with Gasteiger partial charge < -0.3 is 19.5 Å². The summed E-state index contributed by atoms with van der Waals surface area (Å²) in [5, 5.41) is 3.61. The van der Waals surface area contributed by atoms with E-state index >= 15 is 0 Å². The van der Waals surface area contributed by atoms with E-state index < -0.39 is 17.6 Å². The maximum Gasteiger partial charge on any atom is 0.416 e. The second-order valence-electron chi connectivity index (χ2n) is 8.26. The van der Waals surface area contributed by atoms with Gasteiger partial charge in [0.2, 0.25) is 0 Å². The second-order valence-corrected chi connectivity index (χ2v) is 8.26. The predicted molar refractivity (Wildman–Crippen MR) is 119 cm³/mol. The highest BCUT2D eigenvalue weighted by atomic mass is 19.4. The number of methoxy groups -OCH3 is 2. The van der Waals surface area contributed by atoms with E-state index in [-0.39, 0.29) is 18.2 Å². The molecule has 34 heavy (non-hydrogen) atoms. The molecule has 0 amide bonds. The Morgan fingerprint density at radius 2 is 1.82 bits per heavy atom. The van der Waals surface area contributed by atoms with Crippen molar-refractivity contribution in [3.8, 4) is 11.5 Å². The van der Waals surface area contributed by atoms with Crippen LogP contribution >= 0.6 is 0 Å². The topological polar surface area (TPSA) is 65.5 Å². The zero-order chi connectivity index (χ0) is 24.5. The number of hydrogen-bond donors (Lipinski definition) is 1. The molecule has 4 rings (SSSR count). The number of ether oxygens (including phenoxy) is 3. The van der Waals surface area contributed by atoms with Crippen LogP contribution in [0.5, 0.6) is 11.5 Å². The molecule has 0 saturated heterocycles. The molecule has 182 valence electrons. The van der Waals surface area contributed by atoms with Crippen LogP contribution in [0.1, 0.15) is 29.8 Å². The summed E-state index contributed by atoms with van der Waals surface area (Å²) >= 11 is 0. The Balaban J connectivity index is 1.62. The molecule has 1 aromatic heterocycles. The van der Waals surface area contributed by atoms with Crippen LogP contribution in [-0.4, -0.2) is 36.9 Å². The number of hydrogen-bond acceptors (Lipinski definition) is 6. The predicted octanol–water partition coefficient (Wildman–Crippen LogP) is 5.52. The third kappa shape index (κ3) is 5.49. The summed E-state index contributed by atoms with van der Waals surface area (Å²) in [7, 11) is 3.18. The maximum absolute atomic E-state index is 13.8. The summed E-state index contributed by atoms with van der Waals surface area (Å²) in [5.41, 5.74) is -0.342. The summed E-state index contributed by atoms with van der Waals surface area (Å²) < 4.78 is 69.9. The Kier molecular flexibility index (Phi) is 6.79. The largest absolute Gasteiger partial charge is 0.493 e. The number of alkyl halides is 3. The molecule has 2 aromatic carbocycles. The number of anilines is 1. The van der Waals surface area contributed by atoms with Crippen LogP contribution in [0.2, 0.25) is 0 Å². The molecule has 1 unspecified atom stereocenters.